The zero-order valence-electron chi connectivity index (χ0n) is 10.9. The fraction of sp³-hybridized carbons (Fsp3) is 0.231. The van der Waals surface area contributed by atoms with Crippen LogP contribution in [-0.4, -0.2) is 21.3 Å². The summed E-state index contributed by atoms with van der Waals surface area (Å²) in [7, 11) is 3.57. The summed E-state index contributed by atoms with van der Waals surface area (Å²) in [5.41, 5.74) is 0. The molecule has 0 bridgehead atoms. The maximum Gasteiger partial charge on any atom is 2.00 e. The van der Waals surface area contributed by atoms with Gasteiger partial charge in [-0.25, -0.2) is 0 Å². The molecule has 2 aliphatic carbocycles. The van der Waals surface area contributed by atoms with E-state index in [2.05, 4.69) is 13.6 Å². The van der Waals surface area contributed by atoms with Crippen LogP contribution in [0.4, 0.5) is 0 Å². The molecule has 0 atom stereocenters. The molecule has 2 fully saturated rings. The van der Waals surface area contributed by atoms with Crippen molar-refractivity contribution in [1.29, 1.82) is 0 Å². The van der Waals surface area contributed by atoms with E-state index in [-0.39, 0.29) is 22.4 Å². The van der Waals surface area contributed by atoms with Crippen LogP contribution in [0.25, 0.3) is 0 Å². The maximum absolute atomic E-state index is 4.67. The number of hydrogen-bond acceptors (Lipinski definition) is 3. The van der Waals surface area contributed by atoms with Gasteiger partial charge in [-0.15, -0.1) is 0 Å². The van der Waals surface area contributed by atoms with Crippen LogP contribution in [0.15, 0.2) is 0 Å². The van der Waals surface area contributed by atoms with Crippen LogP contribution >= 0.6 is 8.60 Å². The van der Waals surface area contributed by atoms with E-state index in [9.17, 15) is 0 Å². The third kappa shape index (κ3) is 15.1. The minimum absolute atomic E-state index is 0. The predicted octanol–water partition coefficient (Wildman–Crippen LogP) is 3.19. The van der Waals surface area contributed by atoms with Crippen LogP contribution in [0.5, 0.6) is 0 Å². The molecule has 2 rings (SSSR count). The molecule has 2 saturated carbocycles. The molecular formula is C13H19NbO3P+2. The molecule has 0 heterocycles. The van der Waals surface area contributed by atoms with Crippen molar-refractivity contribution < 1.29 is 36.0 Å². The third-order valence-electron chi connectivity index (χ3n) is 1.56. The molecule has 0 aliphatic heterocycles. The van der Waals surface area contributed by atoms with Gasteiger partial charge in [0.15, 0.2) is 0 Å². The molecular weight excluding hydrogens is 328 g/mol. The second-order valence-corrected chi connectivity index (χ2v) is 4.24. The first-order valence-electron chi connectivity index (χ1n) is 5.11. The van der Waals surface area contributed by atoms with Gasteiger partial charge in [-0.2, -0.15) is 0 Å². The van der Waals surface area contributed by atoms with Crippen LogP contribution in [0, 0.1) is 64.2 Å². The zero-order valence-corrected chi connectivity index (χ0v) is 14.0. The van der Waals surface area contributed by atoms with E-state index in [4.69, 9.17) is 0 Å². The Morgan fingerprint density at radius 2 is 0.667 bits per heavy atom. The summed E-state index contributed by atoms with van der Waals surface area (Å²) in [4.78, 5) is 0. The van der Waals surface area contributed by atoms with Crippen LogP contribution < -0.4 is 0 Å². The average Bonchev–Trinajstić information content (AvgIpc) is 3.10. The minimum Gasteiger partial charge on any atom is -0.316 e. The summed E-state index contributed by atoms with van der Waals surface area (Å²) in [5.74, 6) is 0. The Hall–Kier alpha value is 1.05. The first kappa shape index (κ1) is 21.4. The van der Waals surface area contributed by atoms with Crippen LogP contribution in [0.1, 0.15) is 0 Å². The molecule has 0 amide bonds. The monoisotopic (exact) mass is 347 g/mol. The van der Waals surface area contributed by atoms with Crippen molar-refractivity contribution in [3.63, 3.8) is 0 Å². The van der Waals surface area contributed by atoms with Crippen LogP contribution in [0.3, 0.4) is 0 Å². The second-order valence-electron chi connectivity index (χ2n) is 2.70. The first-order chi connectivity index (χ1) is 8.35. The fourth-order valence-electron chi connectivity index (χ4n) is 0.865. The largest absolute Gasteiger partial charge is 2.00 e. The van der Waals surface area contributed by atoms with E-state index >= 15 is 0 Å². The van der Waals surface area contributed by atoms with E-state index in [1.165, 1.54) is 0 Å². The number of hydrogen-bond donors (Lipinski definition) is 0. The molecule has 2 aliphatic rings. The van der Waals surface area contributed by atoms with Crippen molar-refractivity contribution in [2.75, 3.05) is 21.3 Å². The molecule has 11 radical (unpaired) electrons. The molecule has 3 nitrogen and oxygen atoms in total. The van der Waals surface area contributed by atoms with Gasteiger partial charge in [0, 0.05) is 21.3 Å². The summed E-state index contributed by atoms with van der Waals surface area (Å²) in [6.07, 6.45) is 20.0. The van der Waals surface area contributed by atoms with Crippen molar-refractivity contribution in [1.82, 2.24) is 0 Å². The van der Waals surface area contributed by atoms with Gasteiger partial charge in [0.05, 0.1) is 0 Å². The molecule has 18 heavy (non-hydrogen) atoms. The SMILES string of the molecule is COP(OC)OC.[CH]1[CH][CH][CH][CH]1.[CH]1[CH][CH][CH][CH]1.[Nb+2]. The molecule has 5 heteroatoms. The second kappa shape index (κ2) is 18.1. The Balaban J connectivity index is 0. The predicted molar refractivity (Wildman–Crippen MR) is 70.9 cm³/mol. The molecule has 0 unspecified atom stereocenters. The summed E-state index contributed by atoms with van der Waals surface area (Å²) in [6, 6.07) is 0. The molecule has 0 saturated heterocycles. The van der Waals surface area contributed by atoms with E-state index in [1.807, 2.05) is 64.2 Å². The van der Waals surface area contributed by atoms with Gasteiger partial charge >= 0.3 is 31.0 Å². The summed E-state index contributed by atoms with van der Waals surface area (Å²) < 4.78 is 14.0. The summed E-state index contributed by atoms with van der Waals surface area (Å²) in [5, 5.41) is 0. The fourth-order valence-corrected chi connectivity index (χ4v) is 1.31. The molecule has 0 N–H and O–H groups in total. The summed E-state index contributed by atoms with van der Waals surface area (Å²) >= 11 is 0. The normalized spacial score (nSPS) is 17.3. The average molecular weight is 347 g/mol. The van der Waals surface area contributed by atoms with Crippen molar-refractivity contribution in [2.45, 2.75) is 0 Å². The Bertz CT molecular complexity index is 107. The first-order valence-corrected chi connectivity index (χ1v) is 6.20. The zero-order chi connectivity index (χ0) is 12.8. The number of rotatable bonds is 3. The molecule has 0 aromatic carbocycles. The Labute approximate surface area is 130 Å². The van der Waals surface area contributed by atoms with E-state index in [1.54, 1.807) is 21.3 Å². The molecule has 0 spiro atoms. The standard InChI is InChI=1S/2C5H5.C3H9O3P.Nb/c2*1-2-4-5-3-1;1-4-7(5-2)6-3;/h2*1-5H;1-3H3;/q;;;+2. The van der Waals surface area contributed by atoms with E-state index in [0.29, 0.717) is 0 Å². The van der Waals surface area contributed by atoms with Crippen LogP contribution in [-0.2, 0) is 36.0 Å². The molecule has 97 valence electrons. The summed E-state index contributed by atoms with van der Waals surface area (Å²) in [6.45, 7) is 0. The van der Waals surface area contributed by atoms with Crippen molar-refractivity contribution in [3.8, 4) is 0 Å². The van der Waals surface area contributed by atoms with Crippen LogP contribution in [0.2, 0.25) is 0 Å². The van der Waals surface area contributed by atoms with Crippen molar-refractivity contribution in [3.05, 3.63) is 64.2 Å². The Morgan fingerprint density at radius 3 is 0.722 bits per heavy atom. The van der Waals surface area contributed by atoms with E-state index < -0.39 is 8.60 Å². The Kier molecular flexibility index (Phi) is 21.4. The van der Waals surface area contributed by atoms with Gasteiger partial charge in [0.2, 0.25) is 0 Å². The molecule has 0 aromatic rings. The topological polar surface area (TPSA) is 27.7 Å². The van der Waals surface area contributed by atoms with Gasteiger partial charge in [0.25, 0.3) is 0 Å². The Morgan fingerprint density at radius 1 is 0.500 bits per heavy atom. The van der Waals surface area contributed by atoms with Gasteiger partial charge < -0.3 is 13.6 Å². The van der Waals surface area contributed by atoms with E-state index in [0.717, 1.165) is 0 Å². The minimum atomic E-state index is -1.05. The third-order valence-corrected chi connectivity index (χ3v) is 2.45. The van der Waals surface area contributed by atoms with Gasteiger partial charge in [-0.3, -0.25) is 0 Å². The van der Waals surface area contributed by atoms with Crippen molar-refractivity contribution >= 4 is 8.60 Å². The van der Waals surface area contributed by atoms with Gasteiger partial charge in [0.1, 0.15) is 0 Å². The van der Waals surface area contributed by atoms with Gasteiger partial charge in [-0.05, 0) is 64.2 Å². The maximum atomic E-state index is 4.67. The quantitative estimate of drug-likeness (QED) is 0.580. The smallest absolute Gasteiger partial charge is 0.316 e. The molecule has 0 aromatic heterocycles. The van der Waals surface area contributed by atoms with Gasteiger partial charge in [-0.1, -0.05) is 0 Å². The van der Waals surface area contributed by atoms with Crippen molar-refractivity contribution in [2.24, 2.45) is 0 Å².